The number of aliphatic carboxylic acids is 1. The van der Waals surface area contributed by atoms with E-state index in [0.717, 1.165) is 11.8 Å². The van der Waals surface area contributed by atoms with Crippen molar-refractivity contribution in [3.63, 3.8) is 0 Å². The molecule has 2 heterocycles. The highest BCUT2D eigenvalue weighted by atomic mass is 32.2. The summed E-state index contributed by atoms with van der Waals surface area (Å²) in [5.74, 6) is -0.705. The lowest BCUT2D eigenvalue weighted by Crippen LogP contribution is -2.00. The Labute approximate surface area is 164 Å². The maximum absolute atomic E-state index is 11.6. The van der Waals surface area contributed by atoms with Gasteiger partial charge in [-0.05, 0) is 42.4 Å². The minimum absolute atomic E-state index is 0.00133. The number of hydrogen-bond donors (Lipinski definition) is 3. The topological polar surface area (TPSA) is 129 Å². The highest BCUT2D eigenvalue weighted by Gasteiger charge is 2.16. The van der Waals surface area contributed by atoms with Crippen LogP contribution in [0, 0.1) is 6.92 Å². The van der Waals surface area contributed by atoms with Crippen molar-refractivity contribution in [2.75, 3.05) is 0 Å². The van der Waals surface area contributed by atoms with Crippen LogP contribution in [-0.2, 0) is 11.2 Å². The first-order chi connectivity index (χ1) is 13.4. The first-order valence-corrected chi connectivity index (χ1v) is 9.18. The lowest BCUT2D eigenvalue weighted by atomic mass is 10.0. The van der Waals surface area contributed by atoms with E-state index in [2.05, 4.69) is 15.2 Å². The second-order valence-electron chi connectivity index (χ2n) is 5.82. The van der Waals surface area contributed by atoms with Gasteiger partial charge in [0.2, 0.25) is 5.16 Å². The Bertz CT molecular complexity index is 1070. The molecular weight excluding hydrogens is 382 g/mol. The molecule has 3 aromatic rings. The van der Waals surface area contributed by atoms with E-state index in [-0.39, 0.29) is 10.5 Å². The summed E-state index contributed by atoms with van der Waals surface area (Å²) in [6.45, 7) is 3.61. The molecule has 0 amide bonds. The summed E-state index contributed by atoms with van der Waals surface area (Å²) in [4.78, 5) is 27.1. The molecule has 144 valence electrons. The lowest BCUT2D eigenvalue weighted by molar-refractivity contribution is -0.131. The third-order valence-corrected chi connectivity index (χ3v) is 4.87. The Kier molecular flexibility index (Phi) is 5.65. The van der Waals surface area contributed by atoms with Gasteiger partial charge in [-0.1, -0.05) is 19.1 Å². The molecule has 28 heavy (non-hydrogen) atoms. The monoisotopic (exact) mass is 399 g/mol. The van der Waals surface area contributed by atoms with E-state index < -0.39 is 11.9 Å². The number of nitrogens with zero attached hydrogens (tertiary/aromatic N) is 2. The third kappa shape index (κ3) is 4.15. The van der Waals surface area contributed by atoms with Crippen molar-refractivity contribution in [1.82, 2.24) is 15.2 Å². The molecule has 8 nitrogen and oxygen atoms in total. The third-order valence-electron chi connectivity index (χ3n) is 3.99. The molecule has 1 aromatic carbocycles. The number of carbonyl (C=O) groups is 2. The molecule has 9 heteroatoms. The molecule has 0 unspecified atom stereocenters. The number of carboxylic acids is 2. The zero-order valence-corrected chi connectivity index (χ0v) is 15.9. The molecule has 0 atom stereocenters. The van der Waals surface area contributed by atoms with E-state index in [1.807, 2.05) is 6.92 Å². The van der Waals surface area contributed by atoms with Crippen molar-refractivity contribution in [1.29, 1.82) is 0 Å². The normalized spacial score (nSPS) is 11.6. The number of rotatable bonds is 7. The first-order valence-electron chi connectivity index (χ1n) is 8.36. The minimum Gasteiger partial charge on any atom is -0.478 e. The highest BCUT2D eigenvalue weighted by Crippen LogP contribution is 2.30. The van der Waals surface area contributed by atoms with Crippen LogP contribution in [-0.4, -0.2) is 37.3 Å². The number of H-pyrrole nitrogens is 1. The second kappa shape index (κ2) is 8.13. The standard InChI is InChI=1S/C19H17N3O5S/c1-3-16-20-19(22-21-16)28-15(18(25)26)9-11-7-8-14(27-11)12-5-4-6-13(10(12)2)17(23)24/h4-9H,3H2,1-2H3,(H,23,24)(H,25,26)(H,20,21,22)/b15-9-. The van der Waals surface area contributed by atoms with Crippen molar-refractivity contribution in [2.45, 2.75) is 25.4 Å². The highest BCUT2D eigenvalue weighted by molar-refractivity contribution is 8.04. The minimum atomic E-state index is -1.13. The lowest BCUT2D eigenvalue weighted by Gasteiger charge is -2.06. The van der Waals surface area contributed by atoms with Gasteiger partial charge >= 0.3 is 11.9 Å². The summed E-state index contributed by atoms with van der Waals surface area (Å²) in [5, 5.41) is 25.7. The van der Waals surface area contributed by atoms with Crippen LogP contribution < -0.4 is 0 Å². The maximum atomic E-state index is 11.6. The summed E-state index contributed by atoms with van der Waals surface area (Å²) in [7, 11) is 0. The van der Waals surface area contributed by atoms with Crippen LogP contribution >= 0.6 is 11.8 Å². The van der Waals surface area contributed by atoms with Crippen LogP contribution in [0.25, 0.3) is 17.4 Å². The predicted octanol–water partition coefficient (Wildman–Crippen LogP) is 3.85. The molecule has 0 spiro atoms. The molecule has 0 radical (unpaired) electrons. The molecule has 0 saturated carbocycles. The van der Waals surface area contributed by atoms with E-state index in [1.54, 1.807) is 31.2 Å². The summed E-state index contributed by atoms with van der Waals surface area (Å²) in [5.41, 5.74) is 1.38. The van der Waals surface area contributed by atoms with Crippen molar-refractivity contribution in [3.8, 4) is 11.3 Å². The fourth-order valence-corrected chi connectivity index (χ4v) is 3.26. The van der Waals surface area contributed by atoms with Crippen LogP contribution in [0.3, 0.4) is 0 Å². The van der Waals surface area contributed by atoms with E-state index in [1.165, 1.54) is 12.1 Å². The quantitative estimate of drug-likeness (QED) is 0.403. The molecule has 2 aromatic heterocycles. The zero-order valence-electron chi connectivity index (χ0n) is 15.1. The number of carboxylic acid groups (broad SMARTS) is 2. The van der Waals surface area contributed by atoms with Crippen LogP contribution in [0.15, 0.2) is 44.8 Å². The number of nitrogens with one attached hydrogen (secondary N) is 1. The number of aromatic amines is 1. The van der Waals surface area contributed by atoms with E-state index in [0.29, 0.717) is 40.0 Å². The molecule has 0 aliphatic carbocycles. The van der Waals surface area contributed by atoms with Crippen LogP contribution in [0.1, 0.15) is 34.4 Å². The number of furan rings is 1. The average Bonchev–Trinajstić information content (AvgIpc) is 3.30. The maximum Gasteiger partial charge on any atom is 0.342 e. The summed E-state index contributed by atoms with van der Waals surface area (Å²) >= 11 is 0.913. The van der Waals surface area contributed by atoms with Gasteiger partial charge in [-0.3, -0.25) is 5.10 Å². The first kappa shape index (κ1) is 19.4. The molecule has 0 aliphatic heterocycles. The molecule has 3 rings (SSSR count). The number of thioether (sulfide) groups is 1. The SMILES string of the molecule is CCc1nc(S/C(=C\c2ccc(-c3cccc(C(=O)O)c3C)o2)C(=O)O)n[nH]1. The Morgan fingerprint density at radius 3 is 2.68 bits per heavy atom. The average molecular weight is 399 g/mol. The Balaban J connectivity index is 1.90. The van der Waals surface area contributed by atoms with E-state index in [9.17, 15) is 19.8 Å². The summed E-state index contributed by atoms with van der Waals surface area (Å²) < 4.78 is 5.74. The predicted molar refractivity (Wildman–Crippen MR) is 103 cm³/mol. The molecule has 3 N–H and O–H groups in total. The zero-order chi connectivity index (χ0) is 20.3. The largest absolute Gasteiger partial charge is 0.478 e. The van der Waals surface area contributed by atoms with E-state index >= 15 is 0 Å². The van der Waals surface area contributed by atoms with Crippen molar-refractivity contribution < 1.29 is 24.2 Å². The van der Waals surface area contributed by atoms with Gasteiger partial charge in [0.15, 0.2) is 0 Å². The fourth-order valence-electron chi connectivity index (χ4n) is 2.55. The van der Waals surface area contributed by atoms with Gasteiger partial charge in [-0.15, -0.1) is 5.10 Å². The van der Waals surface area contributed by atoms with Crippen LogP contribution in [0.4, 0.5) is 0 Å². The van der Waals surface area contributed by atoms with Gasteiger partial charge < -0.3 is 14.6 Å². The van der Waals surface area contributed by atoms with Crippen molar-refractivity contribution in [3.05, 3.63) is 57.9 Å². The van der Waals surface area contributed by atoms with Crippen molar-refractivity contribution >= 4 is 29.8 Å². The van der Waals surface area contributed by atoms with Gasteiger partial charge in [0, 0.05) is 18.1 Å². The fraction of sp³-hybridized carbons (Fsp3) is 0.158. The summed E-state index contributed by atoms with van der Waals surface area (Å²) in [6.07, 6.45) is 2.05. The number of aryl methyl sites for hydroxylation is 1. The van der Waals surface area contributed by atoms with Crippen LogP contribution in [0.5, 0.6) is 0 Å². The molecule has 0 bridgehead atoms. The second-order valence-corrected chi connectivity index (χ2v) is 6.83. The van der Waals surface area contributed by atoms with Gasteiger partial charge in [-0.25, -0.2) is 14.6 Å². The Morgan fingerprint density at radius 2 is 2.04 bits per heavy atom. The van der Waals surface area contributed by atoms with Gasteiger partial charge in [-0.2, -0.15) is 0 Å². The van der Waals surface area contributed by atoms with Gasteiger partial charge in [0.05, 0.1) is 5.56 Å². The van der Waals surface area contributed by atoms with Crippen LogP contribution in [0.2, 0.25) is 0 Å². The summed E-state index contributed by atoms with van der Waals surface area (Å²) in [6, 6.07) is 8.20. The number of aromatic nitrogens is 3. The van der Waals surface area contributed by atoms with E-state index in [4.69, 9.17) is 4.42 Å². The number of benzene rings is 1. The molecule has 0 fully saturated rings. The Morgan fingerprint density at radius 1 is 1.25 bits per heavy atom. The Hall–Kier alpha value is -3.33. The molecule has 0 saturated heterocycles. The van der Waals surface area contributed by atoms with Gasteiger partial charge in [0.1, 0.15) is 22.3 Å². The molecule has 0 aliphatic rings. The van der Waals surface area contributed by atoms with Gasteiger partial charge in [0.25, 0.3) is 0 Å². The molecular formula is C19H17N3O5S. The number of aromatic carboxylic acids is 1. The van der Waals surface area contributed by atoms with Crippen molar-refractivity contribution in [2.24, 2.45) is 0 Å². The smallest absolute Gasteiger partial charge is 0.342 e. The number of hydrogen-bond acceptors (Lipinski definition) is 6.